The summed E-state index contributed by atoms with van der Waals surface area (Å²) in [6.07, 6.45) is 10.1. The summed E-state index contributed by atoms with van der Waals surface area (Å²) in [7, 11) is 1.73. The monoisotopic (exact) mass is 490 g/mol. The predicted molar refractivity (Wildman–Crippen MR) is 138 cm³/mol. The molecule has 5 heteroatoms. The van der Waals surface area contributed by atoms with E-state index < -0.39 is 16.2 Å². The second-order valence-corrected chi connectivity index (χ2v) is 14.4. The van der Waals surface area contributed by atoms with Crippen LogP contribution in [-0.4, -0.2) is 24.5 Å². The molecule has 0 aliphatic heterocycles. The van der Waals surface area contributed by atoms with Crippen molar-refractivity contribution in [3.8, 4) is 6.07 Å². The average Bonchev–Trinajstić information content (AvgIpc) is 2.81. The Kier molecular flexibility index (Phi) is 5.40. The molecule has 7 atom stereocenters. The SMILES string of the molecule is CNC(=O)C12CCC3[C@H](C(=O)C=C4[C@@]3(C)CC[C@H]3C(C)(C)C(=O)C(C#N)=C[C@]43C)[C@@H]1CC(C)(C)CC2. The van der Waals surface area contributed by atoms with E-state index in [1.165, 1.54) is 0 Å². The van der Waals surface area contributed by atoms with Crippen LogP contribution < -0.4 is 5.32 Å². The highest BCUT2D eigenvalue weighted by Gasteiger charge is 2.66. The number of nitrogens with one attached hydrogen (secondary N) is 1. The van der Waals surface area contributed by atoms with Crippen LogP contribution in [0.4, 0.5) is 0 Å². The number of ketones is 2. The number of carbonyl (C=O) groups excluding carboxylic acids is 3. The number of Topliss-reactive ketones (excluding diaryl/α,β-unsaturated/α-hetero) is 1. The van der Waals surface area contributed by atoms with Crippen LogP contribution in [0.2, 0.25) is 0 Å². The van der Waals surface area contributed by atoms with E-state index in [4.69, 9.17) is 0 Å². The molecular weight excluding hydrogens is 448 g/mol. The summed E-state index contributed by atoms with van der Waals surface area (Å²) < 4.78 is 0. The van der Waals surface area contributed by atoms with Gasteiger partial charge in [-0.05, 0) is 79.6 Å². The number of amides is 1. The summed E-state index contributed by atoms with van der Waals surface area (Å²) in [4.78, 5) is 40.7. The standard InChI is InChI=1S/C31H42N2O3/c1-27(2)12-13-31(26(36)33-7)11-8-19-24(20(31)16-27)21(34)14-23-29(19,5)10-9-22-28(3,4)25(35)18(17-32)15-30(22,23)6/h14-15,19-20,22,24H,8-13,16H2,1-7H3,(H,33,36)/t19?,20-,22-,24-,29-,30-,31?/m0/s1. The van der Waals surface area contributed by atoms with E-state index in [9.17, 15) is 19.6 Å². The van der Waals surface area contributed by atoms with E-state index in [0.29, 0.717) is 0 Å². The van der Waals surface area contributed by atoms with E-state index in [1.807, 2.05) is 26.0 Å². The fourth-order valence-electron chi connectivity index (χ4n) is 9.92. The number of fused-ring (bicyclic) bond motifs is 7. The Morgan fingerprint density at radius 3 is 2.33 bits per heavy atom. The minimum atomic E-state index is -0.648. The Hall–Kier alpha value is -2.22. The second kappa shape index (κ2) is 7.65. The smallest absolute Gasteiger partial charge is 0.226 e. The summed E-state index contributed by atoms with van der Waals surface area (Å²) in [5.41, 5.74) is -0.340. The molecule has 5 aliphatic rings. The molecule has 0 spiro atoms. The molecule has 2 unspecified atom stereocenters. The summed E-state index contributed by atoms with van der Waals surface area (Å²) in [6.45, 7) is 13.0. The van der Waals surface area contributed by atoms with Gasteiger partial charge < -0.3 is 5.32 Å². The van der Waals surface area contributed by atoms with Crippen LogP contribution in [0, 0.1) is 62.1 Å². The minimum absolute atomic E-state index is 0.0437. The summed E-state index contributed by atoms with van der Waals surface area (Å²) in [5.74, 6) is 0.323. The van der Waals surface area contributed by atoms with Gasteiger partial charge in [0.1, 0.15) is 6.07 Å². The van der Waals surface area contributed by atoms with Crippen LogP contribution in [0.25, 0.3) is 0 Å². The number of carbonyl (C=O) groups is 3. The summed E-state index contributed by atoms with van der Waals surface area (Å²) in [5, 5.41) is 12.8. The van der Waals surface area contributed by atoms with Gasteiger partial charge in [-0.25, -0.2) is 0 Å². The highest BCUT2D eigenvalue weighted by molar-refractivity contribution is 6.04. The Bertz CT molecular complexity index is 1150. The predicted octanol–water partition coefficient (Wildman–Crippen LogP) is 5.56. The van der Waals surface area contributed by atoms with Gasteiger partial charge in [0.15, 0.2) is 11.6 Å². The van der Waals surface area contributed by atoms with Crippen molar-refractivity contribution in [3.63, 3.8) is 0 Å². The lowest BCUT2D eigenvalue weighted by molar-refractivity contribution is -0.161. The van der Waals surface area contributed by atoms with Crippen molar-refractivity contribution in [2.45, 2.75) is 86.5 Å². The molecule has 0 heterocycles. The van der Waals surface area contributed by atoms with Crippen molar-refractivity contribution in [2.24, 2.45) is 50.7 Å². The molecule has 3 saturated carbocycles. The van der Waals surface area contributed by atoms with Crippen LogP contribution in [-0.2, 0) is 14.4 Å². The maximum atomic E-state index is 14.2. The van der Waals surface area contributed by atoms with Crippen LogP contribution >= 0.6 is 0 Å². The van der Waals surface area contributed by atoms with E-state index in [0.717, 1.165) is 50.5 Å². The van der Waals surface area contributed by atoms with Crippen molar-refractivity contribution >= 4 is 17.5 Å². The second-order valence-electron chi connectivity index (χ2n) is 14.4. The molecule has 0 aromatic rings. The van der Waals surface area contributed by atoms with Crippen LogP contribution in [0.15, 0.2) is 23.3 Å². The number of rotatable bonds is 1. The third-order valence-corrected chi connectivity index (χ3v) is 11.7. The van der Waals surface area contributed by atoms with E-state index >= 15 is 0 Å². The van der Waals surface area contributed by atoms with Gasteiger partial charge >= 0.3 is 0 Å². The minimum Gasteiger partial charge on any atom is -0.359 e. The molecule has 3 fully saturated rings. The van der Waals surface area contributed by atoms with Crippen molar-refractivity contribution in [3.05, 3.63) is 23.3 Å². The maximum Gasteiger partial charge on any atom is 0.226 e. The Balaban J connectivity index is 1.66. The van der Waals surface area contributed by atoms with Crippen LogP contribution in [0.5, 0.6) is 0 Å². The third kappa shape index (κ3) is 3.09. The van der Waals surface area contributed by atoms with Crippen molar-refractivity contribution < 1.29 is 14.4 Å². The molecule has 5 rings (SSSR count). The Labute approximate surface area is 216 Å². The molecule has 5 aliphatic carbocycles. The number of nitrogens with zero attached hydrogens (tertiary/aromatic N) is 1. The molecule has 1 N–H and O–H groups in total. The maximum absolute atomic E-state index is 14.2. The zero-order valence-corrected chi connectivity index (χ0v) is 23.1. The highest BCUT2D eigenvalue weighted by atomic mass is 16.2. The van der Waals surface area contributed by atoms with Gasteiger partial charge in [-0.15, -0.1) is 0 Å². The largest absolute Gasteiger partial charge is 0.359 e. The Morgan fingerprint density at radius 2 is 1.69 bits per heavy atom. The molecule has 0 saturated heterocycles. The molecule has 1 amide bonds. The van der Waals surface area contributed by atoms with Crippen molar-refractivity contribution in [2.75, 3.05) is 7.05 Å². The molecule has 5 nitrogen and oxygen atoms in total. The zero-order chi connectivity index (χ0) is 26.5. The van der Waals surface area contributed by atoms with Gasteiger partial charge in [-0.3, -0.25) is 14.4 Å². The number of hydrogen-bond donors (Lipinski definition) is 1. The number of nitriles is 1. The van der Waals surface area contributed by atoms with Gasteiger partial charge in [0.2, 0.25) is 5.91 Å². The lowest BCUT2D eigenvalue weighted by Crippen LogP contribution is -2.62. The first-order valence-corrected chi connectivity index (χ1v) is 13.8. The molecular formula is C31H42N2O3. The van der Waals surface area contributed by atoms with Gasteiger partial charge in [-0.2, -0.15) is 5.26 Å². The first kappa shape index (κ1) is 25.4. The average molecular weight is 491 g/mol. The molecule has 36 heavy (non-hydrogen) atoms. The van der Waals surface area contributed by atoms with Gasteiger partial charge in [0.25, 0.3) is 0 Å². The van der Waals surface area contributed by atoms with Crippen LogP contribution in [0.3, 0.4) is 0 Å². The summed E-state index contributed by atoms with van der Waals surface area (Å²) in [6, 6.07) is 2.17. The fraction of sp³-hybridized carbons (Fsp3) is 0.742. The van der Waals surface area contributed by atoms with E-state index in [1.54, 1.807) is 7.05 Å². The molecule has 194 valence electrons. The van der Waals surface area contributed by atoms with Gasteiger partial charge in [0.05, 0.1) is 11.0 Å². The van der Waals surface area contributed by atoms with Crippen LogP contribution in [0.1, 0.15) is 86.5 Å². The van der Waals surface area contributed by atoms with Crippen molar-refractivity contribution in [1.82, 2.24) is 5.32 Å². The topological polar surface area (TPSA) is 87.0 Å². The molecule has 0 bridgehead atoms. The lowest BCUT2D eigenvalue weighted by Gasteiger charge is -2.64. The van der Waals surface area contributed by atoms with E-state index in [2.05, 4.69) is 39.1 Å². The Morgan fingerprint density at radius 1 is 1.00 bits per heavy atom. The lowest BCUT2D eigenvalue weighted by atomic mass is 9.38. The molecule has 0 radical (unpaired) electrons. The summed E-state index contributed by atoms with van der Waals surface area (Å²) >= 11 is 0. The van der Waals surface area contributed by atoms with E-state index in [-0.39, 0.29) is 57.5 Å². The molecule has 0 aromatic heterocycles. The first-order valence-electron chi connectivity index (χ1n) is 13.8. The quantitative estimate of drug-likeness (QED) is 0.521. The van der Waals surface area contributed by atoms with Gasteiger partial charge in [-0.1, -0.05) is 53.2 Å². The first-order chi connectivity index (χ1) is 16.7. The number of allylic oxidation sites excluding steroid dienone is 4. The van der Waals surface area contributed by atoms with Crippen molar-refractivity contribution in [1.29, 1.82) is 5.26 Å². The third-order valence-electron chi connectivity index (χ3n) is 11.7. The molecule has 0 aromatic carbocycles. The van der Waals surface area contributed by atoms with Gasteiger partial charge in [0, 0.05) is 23.8 Å². The zero-order valence-electron chi connectivity index (χ0n) is 23.1. The number of hydrogen-bond acceptors (Lipinski definition) is 4. The fourth-order valence-corrected chi connectivity index (χ4v) is 9.92. The highest BCUT2D eigenvalue weighted by Crippen LogP contribution is 2.70. The normalized spacial score (nSPS) is 44.5.